The van der Waals surface area contributed by atoms with Crippen molar-refractivity contribution in [3.05, 3.63) is 58.4 Å². The van der Waals surface area contributed by atoms with E-state index in [1.54, 1.807) is 12.1 Å². The molecule has 26 heavy (non-hydrogen) atoms. The molecule has 0 saturated heterocycles. The standard InChI is InChI=1S/C22H27ClN2O/c1-14-12-19(13-15(2)24-14)18-6-4-17(5-7-18)16(3)22(26)25-21-10-8-20(23)9-11-21/h8-13,16-18H,4-7H2,1-3H3,(H,25,26). The summed E-state index contributed by atoms with van der Waals surface area (Å²) < 4.78 is 0. The van der Waals surface area contributed by atoms with Crippen LogP contribution >= 0.6 is 11.6 Å². The second kappa shape index (κ2) is 8.22. The van der Waals surface area contributed by atoms with Gasteiger partial charge in [-0.3, -0.25) is 9.78 Å². The van der Waals surface area contributed by atoms with Crippen LogP contribution in [0, 0.1) is 25.7 Å². The van der Waals surface area contributed by atoms with Crippen LogP contribution in [0.4, 0.5) is 5.69 Å². The third-order valence-electron chi connectivity index (χ3n) is 5.58. The maximum Gasteiger partial charge on any atom is 0.227 e. The van der Waals surface area contributed by atoms with Crippen molar-refractivity contribution in [1.82, 2.24) is 4.98 Å². The van der Waals surface area contributed by atoms with Gasteiger partial charge in [-0.05, 0) is 93.3 Å². The van der Waals surface area contributed by atoms with E-state index in [2.05, 4.69) is 43.2 Å². The van der Waals surface area contributed by atoms with Gasteiger partial charge < -0.3 is 5.32 Å². The van der Waals surface area contributed by atoms with Gasteiger partial charge in [0.05, 0.1) is 0 Å². The molecule has 1 heterocycles. The van der Waals surface area contributed by atoms with E-state index in [9.17, 15) is 4.79 Å². The Balaban J connectivity index is 1.56. The normalized spacial score (nSPS) is 21.2. The van der Waals surface area contributed by atoms with Crippen molar-refractivity contribution in [2.24, 2.45) is 11.8 Å². The monoisotopic (exact) mass is 370 g/mol. The van der Waals surface area contributed by atoms with E-state index < -0.39 is 0 Å². The van der Waals surface area contributed by atoms with Gasteiger partial charge in [-0.2, -0.15) is 0 Å². The van der Waals surface area contributed by atoms with Gasteiger partial charge in [0, 0.05) is 28.0 Å². The minimum Gasteiger partial charge on any atom is -0.326 e. The SMILES string of the molecule is Cc1cc(C2CCC(C(C)C(=O)Nc3ccc(Cl)cc3)CC2)cc(C)n1. The first kappa shape index (κ1) is 18.9. The van der Waals surface area contributed by atoms with Gasteiger partial charge in [0.1, 0.15) is 0 Å². The lowest BCUT2D eigenvalue weighted by Crippen LogP contribution is -2.29. The minimum atomic E-state index is 0.0209. The molecular weight excluding hydrogens is 344 g/mol. The topological polar surface area (TPSA) is 42.0 Å². The molecule has 1 N–H and O–H groups in total. The molecule has 2 aromatic rings. The number of hydrogen-bond acceptors (Lipinski definition) is 2. The predicted octanol–water partition coefficient (Wildman–Crippen LogP) is 5.90. The third-order valence-corrected chi connectivity index (χ3v) is 5.83. The highest BCUT2D eigenvalue weighted by molar-refractivity contribution is 6.30. The second-order valence-electron chi connectivity index (χ2n) is 7.58. The van der Waals surface area contributed by atoms with Gasteiger partial charge in [0.2, 0.25) is 5.91 Å². The van der Waals surface area contributed by atoms with Crippen molar-refractivity contribution < 1.29 is 4.79 Å². The van der Waals surface area contributed by atoms with E-state index >= 15 is 0 Å². The Hall–Kier alpha value is -1.87. The lowest BCUT2D eigenvalue weighted by atomic mass is 9.74. The fourth-order valence-electron chi connectivity index (χ4n) is 4.06. The number of nitrogens with zero attached hydrogens (tertiary/aromatic N) is 1. The summed E-state index contributed by atoms with van der Waals surface area (Å²) >= 11 is 5.90. The Morgan fingerprint density at radius 1 is 1.08 bits per heavy atom. The molecular formula is C22H27ClN2O. The number of benzene rings is 1. The number of aromatic nitrogens is 1. The Labute approximate surface area is 161 Å². The van der Waals surface area contributed by atoms with E-state index in [1.165, 1.54) is 5.56 Å². The molecule has 1 aromatic carbocycles. The zero-order valence-electron chi connectivity index (χ0n) is 15.8. The molecule has 3 rings (SSSR count). The quantitative estimate of drug-likeness (QED) is 0.727. The molecule has 1 atom stereocenters. The summed E-state index contributed by atoms with van der Waals surface area (Å²) in [5.74, 6) is 1.17. The van der Waals surface area contributed by atoms with E-state index in [1.807, 2.05) is 12.1 Å². The summed E-state index contributed by atoms with van der Waals surface area (Å²) in [6.07, 6.45) is 4.48. The highest BCUT2D eigenvalue weighted by Crippen LogP contribution is 2.39. The number of carbonyl (C=O) groups excluding carboxylic acids is 1. The zero-order chi connectivity index (χ0) is 18.7. The molecule has 0 bridgehead atoms. The molecule has 0 aliphatic heterocycles. The number of halogens is 1. The first-order valence-electron chi connectivity index (χ1n) is 9.44. The molecule has 1 unspecified atom stereocenters. The van der Waals surface area contributed by atoms with Crippen LogP contribution in [-0.2, 0) is 4.79 Å². The fraction of sp³-hybridized carbons (Fsp3) is 0.455. The van der Waals surface area contributed by atoms with Gasteiger partial charge in [-0.1, -0.05) is 18.5 Å². The molecule has 1 aromatic heterocycles. The van der Waals surface area contributed by atoms with Crippen molar-refractivity contribution in [1.29, 1.82) is 0 Å². The Morgan fingerprint density at radius 3 is 2.23 bits per heavy atom. The van der Waals surface area contributed by atoms with Gasteiger partial charge in [-0.15, -0.1) is 0 Å². The Bertz CT molecular complexity index is 744. The summed E-state index contributed by atoms with van der Waals surface area (Å²) in [7, 11) is 0. The molecule has 1 saturated carbocycles. The van der Waals surface area contributed by atoms with Crippen LogP contribution in [0.3, 0.4) is 0 Å². The van der Waals surface area contributed by atoms with Crippen molar-refractivity contribution in [3.8, 4) is 0 Å². The number of amides is 1. The van der Waals surface area contributed by atoms with Crippen LogP contribution in [0.15, 0.2) is 36.4 Å². The Morgan fingerprint density at radius 2 is 1.65 bits per heavy atom. The van der Waals surface area contributed by atoms with E-state index in [-0.39, 0.29) is 11.8 Å². The number of anilines is 1. The summed E-state index contributed by atoms with van der Waals surface area (Å²) in [6, 6.07) is 11.7. The second-order valence-corrected chi connectivity index (χ2v) is 8.02. The molecule has 0 spiro atoms. The van der Waals surface area contributed by atoms with Crippen LogP contribution in [-0.4, -0.2) is 10.9 Å². The molecule has 1 fully saturated rings. The smallest absolute Gasteiger partial charge is 0.227 e. The predicted molar refractivity (Wildman–Crippen MR) is 108 cm³/mol. The van der Waals surface area contributed by atoms with Crippen molar-refractivity contribution in [3.63, 3.8) is 0 Å². The number of rotatable bonds is 4. The lowest BCUT2D eigenvalue weighted by Gasteiger charge is -2.32. The summed E-state index contributed by atoms with van der Waals surface area (Å²) in [6.45, 7) is 6.17. The van der Waals surface area contributed by atoms with Crippen molar-refractivity contribution in [2.75, 3.05) is 5.32 Å². The van der Waals surface area contributed by atoms with E-state index in [0.717, 1.165) is 42.8 Å². The van der Waals surface area contributed by atoms with Gasteiger partial charge >= 0.3 is 0 Å². The van der Waals surface area contributed by atoms with Crippen LogP contribution in [0.25, 0.3) is 0 Å². The Kier molecular flexibility index (Phi) is 5.98. The average molecular weight is 371 g/mol. The van der Waals surface area contributed by atoms with E-state index in [0.29, 0.717) is 16.9 Å². The molecule has 1 aliphatic rings. The van der Waals surface area contributed by atoms with Gasteiger partial charge in [-0.25, -0.2) is 0 Å². The number of carbonyl (C=O) groups is 1. The molecule has 138 valence electrons. The number of pyridine rings is 1. The van der Waals surface area contributed by atoms with Gasteiger partial charge in [0.25, 0.3) is 0 Å². The first-order chi connectivity index (χ1) is 12.4. The largest absolute Gasteiger partial charge is 0.326 e. The lowest BCUT2D eigenvalue weighted by molar-refractivity contribution is -0.121. The van der Waals surface area contributed by atoms with Crippen LogP contribution in [0.2, 0.25) is 5.02 Å². The molecule has 1 amide bonds. The number of hydrogen-bond donors (Lipinski definition) is 1. The third kappa shape index (κ3) is 4.64. The molecule has 1 aliphatic carbocycles. The highest BCUT2D eigenvalue weighted by Gasteiger charge is 2.29. The average Bonchev–Trinajstić information content (AvgIpc) is 2.62. The molecule has 0 radical (unpaired) electrons. The van der Waals surface area contributed by atoms with Crippen molar-refractivity contribution in [2.45, 2.75) is 52.4 Å². The highest BCUT2D eigenvalue weighted by atomic mass is 35.5. The van der Waals surface area contributed by atoms with Crippen LogP contribution < -0.4 is 5.32 Å². The van der Waals surface area contributed by atoms with Gasteiger partial charge in [0.15, 0.2) is 0 Å². The molecule has 3 nitrogen and oxygen atoms in total. The van der Waals surface area contributed by atoms with Crippen molar-refractivity contribution >= 4 is 23.2 Å². The maximum absolute atomic E-state index is 12.6. The number of nitrogens with one attached hydrogen (secondary N) is 1. The fourth-order valence-corrected chi connectivity index (χ4v) is 4.18. The van der Waals surface area contributed by atoms with E-state index in [4.69, 9.17) is 11.6 Å². The summed E-state index contributed by atoms with van der Waals surface area (Å²) in [4.78, 5) is 17.1. The van der Waals surface area contributed by atoms with Crippen LogP contribution in [0.5, 0.6) is 0 Å². The maximum atomic E-state index is 12.6. The summed E-state index contributed by atoms with van der Waals surface area (Å²) in [5.41, 5.74) is 4.41. The zero-order valence-corrected chi connectivity index (χ0v) is 16.5. The van der Waals surface area contributed by atoms with Crippen LogP contribution in [0.1, 0.15) is 55.5 Å². The summed E-state index contributed by atoms with van der Waals surface area (Å²) in [5, 5.41) is 3.69. The first-order valence-corrected chi connectivity index (χ1v) is 9.82. The minimum absolute atomic E-state index is 0.0209. The molecule has 4 heteroatoms. The number of aryl methyl sites for hydroxylation is 2.